The first-order valence-electron chi connectivity index (χ1n) is 5.49. The first-order valence-corrected chi connectivity index (χ1v) is 7.77. The van der Waals surface area contributed by atoms with Crippen molar-refractivity contribution in [1.82, 2.24) is 9.78 Å². The smallest absolute Gasteiger partial charge is 0.273 e. The van der Waals surface area contributed by atoms with Crippen molar-refractivity contribution >= 4 is 31.8 Å². The van der Waals surface area contributed by atoms with Gasteiger partial charge in [-0.1, -0.05) is 12.1 Å². The number of aryl methyl sites for hydroxylation is 1. The lowest BCUT2D eigenvalue weighted by Gasteiger charge is -2.13. The van der Waals surface area contributed by atoms with Crippen LogP contribution in [0, 0.1) is 0 Å². The SMILES string of the molecule is Cn1cc(Br)c(NS(=O)(=O)c2ccccc2C(F)(F)F)n1. The van der Waals surface area contributed by atoms with Crippen LogP contribution in [-0.4, -0.2) is 18.2 Å². The molecule has 1 aromatic heterocycles. The van der Waals surface area contributed by atoms with Gasteiger partial charge in [0, 0.05) is 13.2 Å². The predicted molar refractivity (Wildman–Crippen MR) is 73.2 cm³/mol. The Hall–Kier alpha value is -1.55. The van der Waals surface area contributed by atoms with Crippen LogP contribution in [0.5, 0.6) is 0 Å². The van der Waals surface area contributed by atoms with Crippen molar-refractivity contribution in [2.24, 2.45) is 7.05 Å². The molecule has 0 fully saturated rings. The number of alkyl halides is 3. The molecule has 2 aromatic rings. The van der Waals surface area contributed by atoms with E-state index in [1.165, 1.54) is 16.9 Å². The van der Waals surface area contributed by atoms with Gasteiger partial charge in [-0.05, 0) is 28.1 Å². The van der Waals surface area contributed by atoms with Crippen molar-refractivity contribution in [2.45, 2.75) is 11.1 Å². The van der Waals surface area contributed by atoms with Gasteiger partial charge >= 0.3 is 6.18 Å². The fourth-order valence-corrected chi connectivity index (χ4v) is 3.50. The highest BCUT2D eigenvalue weighted by molar-refractivity contribution is 9.10. The number of hydrogen-bond acceptors (Lipinski definition) is 3. The minimum atomic E-state index is -4.77. The van der Waals surface area contributed by atoms with Crippen molar-refractivity contribution < 1.29 is 21.6 Å². The summed E-state index contributed by atoms with van der Waals surface area (Å²) in [5.74, 6) is -0.0884. The van der Waals surface area contributed by atoms with E-state index in [-0.39, 0.29) is 5.82 Å². The Bertz CT molecular complexity index is 771. The highest BCUT2D eigenvalue weighted by Gasteiger charge is 2.37. The largest absolute Gasteiger partial charge is 0.417 e. The van der Waals surface area contributed by atoms with Crippen LogP contribution in [0.4, 0.5) is 19.0 Å². The second-order valence-corrected chi connectivity index (χ2v) is 6.60. The van der Waals surface area contributed by atoms with E-state index in [1.807, 2.05) is 4.72 Å². The first kappa shape index (κ1) is 15.8. The molecule has 1 aromatic carbocycles. The summed E-state index contributed by atoms with van der Waals surface area (Å²) >= 11 is 3.07. The van der Waals surface area contributed by atoms with Gasteiger partial charge in [0.15, 0.2) is 5.82 Å². The van der Waals surface area contributed by atoms with Gasteiger partial charge in [-0.15, -0.1) is 0 Å². The topological polar surface area (TPSA) is 64.0 Å². The molecule has 0 aliphatic heterocycles. The fourth-order valence-electron chi connectivity index (χ4n) is 1.65. The molecule has 5 nitrogen and oxygen atoms in total. The molecular formula is C11H9BrF3N3O2S. The van der Waals surface area contributed by atoms with Crippen LogP contribution < -0.4 is 4.72 Å². The quantitative estimate of drug-likeness (QED) is 0.885. The van der Waals surface area contributed by atoms with E-state index >= 15 is 0 Å². The molecule has 0 aliphatic carbocycles. The fraction of sp³-hybridized carbons (Fsp3) is 0.182. The maximum Gasteiger partial charge on any atom is 0.417 e. The predicted octanol–water partition coefficient (Wildman–Crippen LogP) is 3.00. The second-order valence-electron chi connectivity index (χ2n) is 4.10. The van der Waals surface area contributed by atoms with Crippen LogP contribution in [-0.2, 0) is 23.2 Å². The van der Waals surface area contributed by atoms with Gasteiger partial charge < -0.3 is 0 Å². The number of anilines is 1. The second kappa shape index (κ2) is 5.34. The maximum atomic E-state index is 12.9. The Kier molecular flexibility index (Phi) is 4.02. The molecule has 0 unspecified atom stereocenters. The normalized spacial score (nSPS) is 12.4. The lowest BCUT2D eigenvalue weighted by atomic mass is 10.2. The molecule has 2 rings (SSSR count). The monoisotopic (exact) mass is 383 g/mol. The number of rotatable bonds is 3. The van der Waals surface area contributed by atoms with Gasteiger partial charge in [0.05, 0.1) is 14.9 Å². The van der Waals surface area contributed by atoms with Gasteiger partial charge in [0.25, 0.3) is 10.0 Å². The molecule has 10 heteroatoms. The number of aromatic nitrogens is 2. The van der Waals surface area contributed by atoms with Crippen molar-refractivity contribution in [3.05, 3.63) is 40.5 Å². The standard InChI is InChI=1S/C11H9BrF3N3O2S/c1-18-6-8(12)10(16-18)17-21(19,20)9-5-3-2-4-7(9)11(13,14)15/h2-6H,1H3,(H,16,17). The number of benzene rings is 1. The van der Waals surface area contributed by atoms with E-state index in [0.29, 0.717) is 10.5 Å². The average molecular weight is 384 g/mol. The van der Waals surface area contributed by atoms with Crippen LogP contribution in [0.2, 0.25) is 0 Å². The number of nitrogens with one attached hydrogen (secondary N) is 1. The van der Waals surface area contributed by atoms with E-state index in [4.69, 9.17) is 0 Å². The van der Waals surface area contributed by atoms with Gasteiger partial charge in [0.1, 0.15) is 0 Å². The average Bonchev–Trinajstić information content (AvgIpc) is 2.66. The number of nitrogens with zero attached hydrogens (tertiary/aromatic N) is 2. The molecular weight excluding hydrogens is 375 g/mol. The molecule has 1 heterocycles. The van der Waals surface area contributed by atoms with Crippen molar-refractivity contribution in [2.75, 3.05) is 4.72 Å². The molecule has 114 valence electrons. The Labute approximate surface area is 127 Å². The maximum absolute atomic E-state index is 12.9. The lowest BCUT2D eigenvalue weighted by Crippen LogP contribution is -2.19. The molecule has 0 amide bonds. The molecule has 0 aliphatic rings. The van der Waals surface area contributed by atoms with Gasteiger partial charge in [0.2, 0.25) is 0 Å². The number of hydrogen-bond donors (Lipinski definition) is 1. The molecule has 0 radical (unpaired) electrons. The zero-order valence-corrected chi connectivity index (χ0v) is 12.9. The summed E-state index contributed by atoms with van der Waals surface area (Å²) in [6.07, 6.45) is -3.31. The van der Waals surface area contributed by atoms with Crippen LogP contribution in [0.25, 0.3) is 0 Å². The van der Waals surface area contributed by atoms with E-state index in [1.54, 1.807) is 7.05 Å². The van der Waals surface area contributed by atoms with E-state index in [0.717, 1.165) is 12.1 Å². The Balaban J connectivity index is 2.48. The van der Waals surface area contributed by atoms with E-state index in [9.17, 15) is 21.6 Å². The Morgan fingerprint density at radius 3 is 2.43 bits per heavy atom. The highest BCUT2D eigenvalue weighted by atomic mass is 79.9. The van der Waals surface area contributed by atoms with Gasteiger partial charge in [-0.3, -0.25) is 9.40 Å². The summed E-state index contributed by atoms with van der Waals surface area (Å²) in [6.45, 7) is 0. The van der Waals surface area contributed by atoms with E-state index < -0.39 is 26.7 Å². The number of sulfonamides is 1. The third-order valence-electron chi connectivity index (χ3n) is 2.50. The summed E-state index contributed by atoms with van der Waals surface area (Å²) < 4.78 is 66.6. The third kappa shape index (κ3) is 3.38. The van der Waals surface area contributed by atoms with Crippen LogP contribution >= 0.6 is 15.9 Å². The summed E-state index contributed by atoms with van der Waals surface area (Å²) in [5.41, 5.74) is -1.23. The lowest BCUT2D eigenvalue weighted by molar-refractivity contribution is -0.139. The van der Waals surface area contributed by atoms with Crippen molar-refractivity contribution in [1.29, 1.82) is 0 Å². The number of halogens is 4. The van der Waals surface area contributed by atoms with Gasteiger partial charge in [-0.2, -0.15) is 18.3 Å². The zero-order chi connectivity index (χ0) is 15.8. The van der Waals surface area contributed by atoms with Crippen molar-refractivity contribution in [3.8, 4) is 0 Å². The third-order valence-corrected chi connectivity index (χ3v) is 4.47. The summed E-state index contributed by atoms with van der Waals surface area (Å²) in [4.78, 5) is -0.852. The molecule has 1 N–H and O–H groups in total. The first-order chi connectivity index (χ1) is 9.61. The minimum Gasteiger partial charge on any atom is -0.273 e. The summed E-state index contributed by atoms with van der Waals surface area (Å²) in [7, 11) is -2.86. The molecule has 21 heavy (non-hydrogen) atoms. The molecule has 0 atom stereocenters. The van der Waals surface area contributed by atoms with E-state index in [2.05, 4.69) is 21.0 Å². The van der Waals surface area contributed by atoms with Crippen molar-refractivity contribution in [3.63, 3.8) is 0 Å². The van der Waals surface area contributed by atoms with Crippen LogP contribution in [0.1, 0.15) is 5.56 Å². The molecule has 0 saturated carbocycles. The van der Waals surface area contributed by atoms with Gasteiger partial charge in [-0.25, -0.2) is 8.42 Å². The Morgan fingerprint density at radius 2 is 1.90 bits per heavy atom. The van der Waals surface area contributed by atoms with Crippen LogP contribution in [0.15, 0.2) is 39.8 Å². The Morgan fingerprint density at radius 1 is 1.29 bits per heavy atom. The highest BCUT2D eigenvalue weighted by Crippen LogP contribution is 2.35. The summed E-state index contributed by atoms with van der Waals surface area (Å²) in [6, 6.07) is 3.94. The minimum absolute atomic E-state index is 0.0884. The van der Waals surface area contributed by atoms with Crippen LogP contribution in [0.3, 0.4) is 0 Å². The molecule has 0 spiro atoms. The zero-order valence-electron chi connectivity index (χ0n) is 10.5. The summed E-state index contributed by atoms with van der Waals surface area (Å²) in [5, 5.41) is 3.81. The molecule has 0 bridgehead atoms. The molecule has 0 saturated heterocycles.